The lowest BCUT2D eigenvalue weighted by Crippen LogP contribution is -1.95. The molecule has 0 aromatic carbocycles. The lowest BCUT2D eigenvalue weighted by atomic mass is 10.2. The van der Waals surface area contributed by atoms with Crippen molar-refractivity contribution in [3.05, 3.63) is 28.6 Å². The maximum Gasteiger partial charge on any atom is 0.182 e. The Balaban J connectivity index is 2.68. The van der Waals surface area contributed by atoms with E-state index in [-0.39, 0.29) is 5.78 Å². The van der Waals surface area contributed by atoms with Crippen molar-refractivity contribution >= 4 is 27.4 Å². The summed E-state index contributed by atoms with van der Waals surface area (Å²) in [5, 5.41) is 0. The summed E-state index contributed by atoms with van der Waals surface area (Å²) in [5.74, 6) is 0.677. The van der Waals surface area contributed by atoms with Gasteiger partial charge < -0.3 is 4.74 Å². The molecule has 5 heteroatoms. The number of imidazole rings is 1. The van der Waals surface area contributed by atoms with Gasteiger partial charge in [-0.3, -0.25) is 9.20 Å². The molecule has 0 aliphatic rings. The summed E-state index contributed by atoms with van der Waals surface area (Å²) in [6.45, 7) is 1.82. The molecule has 0 saturated heterocycles. The molecule has 84 valence electrons. The molecule has 2 aromatic rings. The molecule has 0 saturated carbocycles. The first-order chi connectivity index (χ1) is 7.67. The number of ketones is 1. The van der Waals surface area contributed by atoms with Gasteiger partial charge >= 0.3 is 0 Å². The molecule has 0 bridgehead atoms. The monoisotopic (exact) mass is 282 g/mol. The maximum atomic E-state index is 11.6. The first-order valence-electron chi connectivity index (χ1n) is 4.92. The summed E-state index contributed by atoms with van der Waals surface area (Å²) in [6.07, 6.45) is 2.16. The molecule has 0 fully saturated rings. The number of carbonyl (C=O) groups excluding carboxylic acids is 1. The summed E-state index contributed by atoms with van der Waals surface area (Å²) in [7, 11) is 1.58. The number of nitrogens with zero attached hydrogens (tertiary/aromatic N) is 2. The van der Waals surface area contributed by atoms with E-state index in [1.165, 1.54) is 0 Å². The van der Waals surface area contributed by atoms with E-state index in [4.69, 9.17) is 4.74 Å². The predicted molar refractivity (Wildman–Crippen MR) is 64.1 cm³/mol. The van der Waals surface area contributed by atoms with Gasteiger partial charge in [-0.25, -0.2) is 4.98 Å². The van der Waals surface area contributed by atoms with Crippen LogP contribution < -0.4 is 4.74 Å². The summed E-state index contributed by atoms with van der Waals surface area (Å²) >= 11 is 3.40. The second-order valence-corrected chi connectivity index (χ2v) is 4.13. The van der Waals surface area contributed by atoms with Crippen molar-refractivity contribution in [1.29, 1.82) is 0 Å². The lowest BCUT2D eigenvalue weighted by Gasteiger charge is -2.02. The zero-order chi connectivity index (χ0) is 11.7. The van der Waals surface area contributed by atoms with E-state index in [2.05, 4.69) is 20.9 Å². The molecule has 0 N–H and O–H groups in total. The summed E-state index contributed by atoms with van der Waals surface area (Å²) < 4.78 is 7.83. The Kier molecular flexibility index (Phi) is 2.96. The van der Waals surface area contributed by atoms with Crippen LogP contribution in [0.5, 0.6) is 5.75 Å². The van der Waals surface area contributed by atoms with Gasteiger partial charge in [0.2, 0.25) is 0 Å². The standard InChI is InChI=1S/C11H11BrN2O2/c1-3-8(15)7-6-14-10(12)5-4-9(16-2)11(14)13-7/h4-6H,3H2,1-2H3. The quantitative estimate of drug-likeness (QED) is 0.642. The Morgan fingerprint density at radius 3 is 2.94 bits per heavy atom. The third-order valence-corrected chi connectivity index (χ3v) is 3.00. The van der Waals surface area contributed by atoms with Crippen LogP contribution >= 0.6 is 15.9 Å². The van der Waals surface area contributed by atoms with Gasteiger partial charge in [0.25, 0.3) is 0 Å². The second kappa shape index (κ2) is 4.25. The van der Waals surface area contributed by atoms with E-state index in [1.807, 2.05) is 19.1 Å². The van der Waals surface area contributed by atoms with Crippen LogP contribution in [0.15, 0.2) is 22.9 Å². The molecule has 2 aromatic heterocycles. The van der Waals surface area contributed by atoms with Crippen LogP contribution in [0.1, 0.15) is 23.8 Å². The van der Waals surface area contributed by atoms with E-state index in [1.54, 1.807) is 17.7 Å². The normalized spacial score (nSPS) is 10.7. The number of halogens is 1. The maximum absolute atomic E-state index is 11.6. The number of aromatic nitrogens is 2. The number of methoxy groups -OCH3 is 1. The SMILES string of the molecule is CCC(=O)c1cn2c(Br)ccc(OC)c2n1. The Hall–Kier alpha value is -1.36. The molecule has 4 nitrogen and oxygen atoms in total. The number of hydrogen-bond donors (Lipinski definition) is 0. The van der Waals surface area contributed by atoms with Gasteiger partial charge in [-0.1, -0.05) is 6.92 Å². The Labute approximate surface area is 101 Å². The second-order valence-electron chi connectivity index (χ2n) is 3.32. The van der Waals surface area contributed by atoms with Crippen molar-refractivity contribution in [2.45, 2.75) is 13.3 Å². The summed E-state index contributed by atoms with van der Waals surface area (Å²) in [4.78, 5) is 15.8. The van der Waals surface area contributed by atoms with Crippen molar-refractivity contribution in [3.8, 4) is 5.75 Å². The van der Waals surface area contributed by atoms with Gasteiger partial charge in [0.05, 0.1) is 11.7 Å². The molecule has 0 spiro atoms. The van der Waals surface area contributed by atoms with E-state index in [0.717, 1.165) is 4.60 Å². The van der Waals surface area contributed by atoms with Crippen molar-refractivity contribution in [2.24, 2.45) is 0 Å². The molecule has 0 aliphatic heterocycles. The first-order valence-corrected chi connectivity index (χ1v) is 5.71. The van der Waals surface area contributed by atoms with Crippen LogP contribution in [-0.4, -0.2) is 22.3 Å². The van der Waals surface area contributed by atoms with Gasteiger partial charge in [-0.2, -0.15) is 0 Å². The van der Waals surface area contributed by atoms with Crippen molar-refractivity contribution in [1.82, 2.24) is 9.38 Å². The third-order valence-electron chi connectivity index (χ3n) is 2.36. The molecule has 0 radical (unpaired) electrons. The number of ether oxygens (including phenoxy) is 1. The van der Waals surface area contributed by atoms with Crippen LogP contribution in [0.2, 0.25) is 0 Å². The molecule has 2 rings (SSSR count). The topological polar surface area (TPSA) is 43.6 Å². The predicted octanol–water partition coefficient (Wildman–Crippen LogP) is 2.70. The molecular weight excluding hydrogens is 272 g/mol. The van der Waals surface area contributed by atoms with Gasteiger partial charge in [-0.05, 0) is 28.1 Å². The van der Waals surface area contributed by atoms with Crippen LogP contribution in [0.3, 0.4) is 0 Å². The number of carbonyl (C=O) groups is 1. The minimum Gasteiger partial charge on any atom is -0.493 e. The van der Waals surface area contributed by atoms with E-state index < -0.39 is 0 Å². The van der Waals surface area contributed by atoms with Crippen LogP contribution in [0.4, 0.5) is 0 Å². The van der Waals surface area contributed by atoms with Gasteiger partial charge in [0.15, 0.2) is 17.2 Å². The molecule has 16 heavy (non-hydrogen) atoms. The fraction of sp³-hybridized carbons (Fsp3) is 0.273. The Morgan fingerprint density at radius 1 is 1.56 bits per heavy atom. The highest BCUT2D eigenvalue weighted by molar-refractivity contribution is 9.10. The molecule has 0 aliphatic carbocycles. The van der Waals surface area contributed by atoms with Gasteiger partial charge in [0, 0.05) is 12.6 Å². The average Bonchev–Trinajstić information content (AvgIpc) is 2.74. The number of Topliss-reactive ketones (excluding diaryl/α,β-unsaturated/α-hetero) is 1. The fourth-order valence-electron chi connectivity index (χ4n) is 1.49. The lowest BCUT2D eigenvalue weighted by molar-refractivity contribution is 0.0984. The Bertz CT molecular complexity index is 548. The third kappa shape index (κ3) is 1.71. The number of hydrogen-bond acceptors (Lipinski definition) is 3. The molecule has 0 atom stereocenters. The smallest absolute Gasteiger partial charge is 0.182 e. The number of rotatable bonds is 3. The minimum absolute atomic E-state index is 0.0256. The molecule has 0 unspecified atom stereocenters. The van der Waals surface area contributed by atoms with Crippen molar-refractivity contribution < 1.29 is 9.53 Å². The van der Waals surface area contributed by atoms with Gasteiger partial charge in [0.1, 0.15) is 5.69 Å². The highest BCUT2D eigenvalue weighted by atomic mass is 79.9. The zero-order valence-corrected chi connectivity index (χ0v) is 10.6. The highest BCUT2D eigenvalue weighted by Gasteiger charge is 2.13. The van der Waals surface area contributed by atoms with Crippen LogP contribution in [-0.2, 0) is 0 Å². The van der Waals surface area contributed by atoms with E-state index in [0.29, 0.717) is 23.5 Å². The van der Waals surface area contributed by atoms with E-state index in [9.17, 15) is 4.79 Å². The molecular formula is C11H11BrN2O2. The summed E-state index contributed by atoms with van der Waals surface area (Å²) in [6, 6.07) is 3.67. The average molecular weight is 283 g/mol. The fourth-order valence-corrected chi connectivity index (χ4v) is 1.89. The first kappa shape index (κ1) is 11.1. The Morgan fingerprint density at radius 2 is 2.31 bits per heavy atom. The molecule has 0 amide bonds. The summed E-state index contributed by atoms with van der Waals surface area (Å²) in [5.41, 5.74) is 1.11. The van der Waals surface area contributed by atoms with Gasteiger partial charge in [-0.15, -0.1) is 0 Å². The number of fused-ring (bicyclic) bond motifs is 1. The number of pyridine rings is 1. The minimum atomic E-state index is 0.0256. The van der Waals surface area contributed by atoms with E-state index >= 15 is 0 Å². The van der Waals surface area contributed by atoms with Crippen LogP contribution in [0.25, 0.3) is 5.65 Å². The van der Waals surface area contributed by atoms with Crippen LogP contribution in [0, 0.1) is 0 Å². The highest BCUT2D eigenvalue weighted by Crippen LogP contribution is 2.24. The van der Waals surface area contributed by atoms with Crippen molar-refractivity contribution in [2.75, 3.05) is 7.11 Å². The molecule has 2 heterocycles. The largest absolute Gasteiger partial charge is 0.493 e. The van der Waals surface area contributed by atoms with Crippen molar-refractivity contribution in [3.63, 3.8) is 0 Å². The zero-order valence-electron chi connectivity index (χ0n) is 9.03.